The van der Waals surface area contributed by atoms with E-state index in [1.165, 1.54) is 11.1 Å². The molecule has 3 heteroatoms. The van der Waals surface area contributed by atoms with Crippen molar-refractivity contribution in [1.82, 2.24) is 5.32 Å². The average molecular weight is 281 g/mol. The highest BCUT2D eigenvalue weighted by Gasteiger charge is 2.19. The van der Waals surface area contributed by atoms with E-state index < -0.39 is 0 Å². The largest absolute Gasteiger partial charge is 0.371 e. The van der Waals surface area contributed by atoms with Crippen LogP contribution in [0.3, 0.4) is 0 Å². The highest BCUT2D eigenvalue weighted by molar-refractivity contribution is 5.95. The van der Waals surface area contributed by atoms with E-state index in [9.17, 15) is 4.79 Å². The molecule has 2 aromatic rings. The number of hydrogen-bond donors (Lipinski definition) is 1. The summed E-state index contributed by atoms with van der Waals surface area (Å²) in [7, 11) is 0. The van der Waals surface area contributed by atoms with Gasteiger partial charge >= 0.3 is 0 Å². The van der Waals surface area contributed by atoms with Gasteiger partial charge in [0.25, 0.3) is 5.91 Å². The molecule has 1 aliphatic heterocycles. The lowest BCUT2D eigenvalue weighted by Crippen LogP contribution is -2.37. The number of fused-ring (bicyclic) bond motifs is 1. The lowest BCUT2D eigenvalue weighted by atomic mass is 9.99. The summed E-state index contributed by atoms with van der Waals surface area (Å²) < 4.78 is 5.81. The minimum atomic E-state index is -0.0319. The van der Waals surface area contributed by atoms with E-state index in [-0.39, 0.29) is 12.0 Å². The third kappa shape index (κ3) is 3.14. The first kappa shape index (κ1) is 13.8. The second-order valence-electron chi connectivity index (χ2n) is 5.43. The zero-order valence-electron chi connectivity index (χ0n) is 12.1. The van der Waals surface area contributed by atoms with Crippen molar-refractivity contribution in [2.45, 2.75) is 26.1 Å². The summed E-state index contributed by atoms with van der Waals surface area (Å²) in [6, 6.07) is 15.9. The number of ether oxygens (including phenoxy) is 1. The van der Waals surface area contributed by atoms with Gasteiger partial charge in [0, 0.05) is 18.5 Å². The van der Waals surface area contributed by atoms with E-state index in [0.717, 1.165) is 17.5 Å². The second-order valence-corrected chi connectivity index (χ2v) is 5.43. The van der Waals surface area contributed by atoms with Crippen molar-refractivity contribution in [2.75, 3.05) is 6.54 Å². The monoisotopic (exact) mass is 281 g/mol. The lowest BCUT2D eigenvalue weighted by molar-refractivity contribution is 0.0285. The minimum absolute atomic E-state index is 0.0319. The summed E-state index contributed by atoms with van der Waals surface area (Å²) in [4.78, 5) is 12.2. The Morgan fingerprint density at radius 1 is 1.14 bits per heavy atom. The van der Waals surface area contributed by atoms with Crippen LogP contribution in [-0.4, -0.2) is 18.6 Å². The molecule has 1 unspecified atom stereocenters. The molecule has 3 rings (SSSR count). The van der Waals surface area contributed by atoms with Gasteiger partial charge in [-0.15, -0.1) is 0 Å². The summed E-state index contributed by atoms with van der Waals surface area (Å²) in [5, 5.41) is 2.98. The lowest BCUT2D eigenvalue weighted by Gasteiger charge is -2.25. The van der Waals surface area contributed by atoms with Gasteiger partial charge in [-0.25, -0.2) is 0 Å². The molecule has 1 heterocycles. The van der Waals surface area contributed by atoms with Crippen molar-refractivity contribution in [2.24, 2.45) is 0 Å². The van der Waals surface area contributed by atoms with E-state index in [2.05, 4.69) is 17.4 Å². The zero-order valence-corrected chi connectivity index (χ0v) is 12.1. The fourth-order valence-corrected chi connectivity index (χ4v) is 2.67. The molecule has 21 heavy (non-hydrogen) atoms. The molecule has 108 valence electrons. The Labute approximate surface area is 124 Å². The summed E-state index contributed by atoms with van der Waals surface area (Å²) >= 11 is 0. The molecule has 2 aromatic carbocycles. The Hall–Kier alpha value is -2.13. The summed E-state index contributed by atoms with van der Waals surface area (Å²) in [6.45, 7) is 3.12. The molecule has 1 N–H and O–H groups in total. The van der Waals surface area contributed by atoms with Crippen LogP contribution in [0.2, 0.25) is 0 Å². The second kappa shape index (κ2) is 6.10. The molecule has 0 saturated heterocycles. The van der Waals surface area contributed by atoms with Gasteiger partial charge in [-0.05, 0) is 29.7 Å². The van der Waals surface area contributed by atoms with E-state index in [4.69, 9.17) is 4.74 Å². The molecule has 0 radical (unpaired) electrons. The average Bonchev–Trinajstić information content (AvgIpc) is 2.53. The third-order valence-corrected chi connectivity index (χ3v) is 3.92. The number of carbonyl (C=O) groups excluding carboxylic acids is 1. The maximum absolute atomic E-state index is 12.2. The Kier molecular flexibility index (Phi) is 4.02. The van der Waals surface area contributed by atoms with Crippen LogP contribution in [0.5, 0.6) is 0 Å². The van der Waals surface area contributed by atoms with E-state index in [1.807, 2.05) is 43.3 Å². The van der Waals surface area contributed by atoms with Crippen LogP contribution < -0.4 is 5.32 Å². The first-order valence-corrected chi connectivity index (χ1v) is 7.26. The van der Waals surface area contributed by atoms with Crippen LogP contribution in [0.15, 0.2) is 48.5 Å². The molecular weight excluding hydrogens is 262 g/mol. The smallest absolute Gasteiger partial charge is 0.251 e. The van der Waals surface area contributed by atoms with Gasteiger partial charge in [-0.1, -0.05) is 42.5 Å². The van der Waals surface area contributed by atoms with Gasteiger partial charge in [0.15, 0.2) is 0 Å². The van der Waals surface area contributed by atoms with E-state index >= 15 is 0 Å². The number of benzene rings is 2. The number of nitrogens with one attached hydrogen (secondary N) is 1. The van der Waals surface area contributed by atoms with E-state index in [1.54, 1.807) is 0 Å². The van der Waals surface area contributed by atoms with Crippen LogP contribution in [0.25, 0.3) is 0 Å². The predicted octanol–water partition coefficient (Wildman–Crippen LogP) is 2.87. The van der Waals surface area contributed by atoms with Gasteiger partial charge < -0.3 is 10.1 Å². The zero-order chi connectivity index (χ0) is 14.7. The van der Waals surface area contributed by atoms with Crippen molar-refractivity contribution in [3.05, 3.63) is 70.8 Å². The van der Waals surface area contributed by atoms with Gasteiger partial charge in [0.05, 0.1) is 12.7 Å². The van der Waals surface area contributed by atoms with Crippen molar-refractivity contribution < 1.29 is 9.53 Å². The van der Waals surface area contributed by atoms with Crippen LogP contribution in [0, 0.1) is 6.92 Å². The first-order chi connectivity index (χ1) is 10.2. The molecule has 0 aliphatic carbocycles. The molecular formula is C18H19NO2. The molecule has 0 saturated carbocycles. The Balaban J connectivity index is 1.59. The molecule has 0 fully saturated rings. The molecule has 1 amide bonds. The van der Waals surface area contributed by atoms with Crippen molar-refractivity contribution in [3.8, 4) is 0 Å². The molecule has 3 nitrogen and oxygen atoms in total. The Morgan fingerprint density at radius 2 is 1.86 bits per heavy atom. The van der Waals surface area contributed by atoms with Crippen molar-refractivity contribution in [3.63, 3.8) is 0 Å². The van der Waals surface area contributed by atoms with Crippen molar-refractivity contribution >= 4 is 5.91 Å². The quantitative estimate of drug-likeness (QED) is 0.939. The number of rotatable bonds is 3. The summed E-state index contributed by atoms with van der Waals surface area (Å²) in [6.07, 6.45) is 0.900. The van der Waals surface area contributed by atoms with Gasteiger partial charge in [0.2, 0.25) is 0 Å². The Morgan fingerprint density at radius 3 is 2.67 bits per heavy atom. The fourth-order valence-electron chi connectivity index (χ4n) is 2.67. The maximum atomic E-state index is 12.2. The number of amides is 1. The summed E-state index contributed by atoms with van der Waals surface area (Å²) in [5.74, 6) is -0.0319. The first-order valence-electron chi connectivity index (χ1n) is 7.26. The number of hydrogen-bond acceptors (Lipinski definition) is 2. The normalized spacial score (nSPS) is 17.1. The SMILES string of the molecule is Cc1ccccc1C(=O)NCC1Cc2ccccc2CO1. The molecule has 1 aliphatic rings. The highest BCUT2D eigenvalue weighted by Crippen LogP contribution is 2.20. The topological polar surface area (TPSA) is 38.3 Å². The van der Waals surface area contributed by atoms with Crippen LogP contribution >= 0.6 is 0 Å². The Bertz CT molecular complexity index is 651. The fraction of sp³-hybridized carbons (Fsp3) is 0.278. The minimum Gasteiger partial charge on any atom is -0.371 e. The van der Waals surface area contributed by atoms with Crippen LogP contribution in [0.4, 0.5) is 0 Å². The van der Waals surface area contributed by atoms with Crippen LogP contribution in [-0.2, 0) is 17.8 Å². The highest BCUT2D eigenvalue weighted by atomic mass is 16.5. The van der Waals surface area contributed by atoms with Crippen LogP contribution in [0.1, 0.15) is 27.0 Å². The third-order valence-electron chi connectivity index (χ3n) is 3.92. The van der Waals surface area contributed by atoms with Gasteiger partial charge in [-0.3, -0.25) is 4.79 Å². The van der Waals surface area contributed by atoms with Gasteiger partial charge in [-0.2, -0.15) is 0 Å². The van der Waals surface area contributed by atoms with Gasteiger partial charge in [0.1, 0.15) is 0 Å². The molecule has 1 atom stereocenters. The number of carbonyl (C=O) groups is 1. The van der Waals surface area contributed by atoms with E-state index in [0.29, 0.717) is 13.2 Å². The summed E-state index contributed by atoms with van der Waals surface area (Å²) in [5.41, 5.74) is 4.29. The maximum Gasteiger partial charge on any atom is 0.251 e. The molecule has 0 aromatic heterocycles. The number of aryl methyl sites for hydroxylation is 1. The predicted molar refractivity (Wildman–Crippen MR) is 82.2 cm³/mol. The molecule has 0 bridgehead atoms. The molecule has 0 spiro atoms. The van der Waals surface area contributed by atoms with Crippen molar-refractivity contribution in [1.29, 1.82) is 0 Å². The standard InChI is InChI=1S/C18H19NO2/c1-13-6-2-5-9-17(13)18(20)19-11-16-10-14-7-3-4-8-15(14)12-21-16/h2-9,16H,10-12H2,1H3,(H,19,20).